The van der Waals surface area contributed by atoms with Crippen LogP contribution in [0.5, 0.6) is 5.75 Å². The maximum Gasteiger partial charge on any atom is 0.253 e. The summed E-state index contributed by atoms with van der Waals surface area (Å²) in [5.41, 5.74) is 1.41. The Morgan fingerprint density at radius 1 is 1.27 bits per heavy atom. The van der Waals surface area contributed by atoms with Gasteiger partial charge in [0.05, 0.1) is 7.11 Å². The number of methoxy groups -OCH3 is 1. The van der Waals surface area contributed by atoms with E-state index in [2.05, 4.69) is 10.1 Å². The van der Waals surface area contributed by atoms with E-state index in [-0.39, 0.29) is 12.1 Å². The lowest BCUT2D eigenvalue weighted by Crippen LogP contribution is -2.21. The SMILES string of the molecule is COc1cccc(-c2noc(Cn3cccc(C)c3=O)n2)c1. The van der Waals surface area contributed by atoms with E-state index in [4.69, 9.17) is 9.26 Å². The van der Waals surface area contributed by atoms with Gasteiger partial charge >= 0.3 is 0 Å². The molecular formula is C16H15N3O3. The number of benzene rings is 1. The number of aryl methyl sites for hydroxylation is 1. The average Bonchev–Trinajstić information content (AvgIpc) is 3.00. The normalized spacial score (nSPS) is 10.6. The minimum atomic E-state index is -0.0661. The largest absolute Gasteiger partial charge is 0.497 e. The molecule has 3 rings (SSSR count). The molecule has 0 saturated heterocycles. The minimum absolute atomic E-state index is 0.0661. The van der Waals surface area contributed by atoms with Crippen molar-refractivity contribution in [2.45, 2.75) is 13.5 Å². The monoisotopic (exact) mass is 297 g/mol. The lowest BCUT2D eigenvalue weighted by Gasteiger charge is -2.02. The summed E-state index contributed by atoms with van der Waals surface area (Å²) in [5.74, 6) is 1.57. The van der Waals surface area contributed by atoms with Crippen molar-refractivity contribution in [1.29, 1.82) is 0 Å². The third kappa shape index (κ3) is 2.76. The van der Waals surface area contributed by atoms with Gasteiger partial charge in [-0.2, -0.15) is 4.98 Å². The van der Waals surface area contributed by atoms with E-state index >= 15 is 0 Å². The van der Waals surface area contributed by atoms with Crippen molar-refractivity contribution in [1.82, 2.24) is 14.7 Å². The van der Waals surface area contributed by atoms with E-state index in [9.17, 15) is 4.79 Å². The van der Waals surface area contributed by atoms with Crippen LogP contribution in [0.2, 0.25) is 0 Å². The molecule has 0 fully saturated rings. The molecule has 112 valence electrons. The molecule has 0 bridgehead atoms. The summed E-state index contributed by atoms with van der Waals surface area (Å²) in [5, 5.41) is 3.95. The summed E-state index contributed by atoms with van der Waals surface area (Å²) in [6.07, 6.45) is 1.70. The molecule has 2 heterocycles. The first-order chi connectivity index (χ1) is 10.7. The van der Waals surface area contributed by atoms with Crippen LogP contribution in [0.25, 0.3) is 11.4 Å². The summed E-state index contributed by atoms with van der Waals surface area (Å²) >= 11 is 0. The van der Waals surface area contributed by atoms with E-state index in [0.29, 0.717) is 17.3 Å². The van der Waals surface area contributed by atoms with Crippen molar-refractivity contribution < 1.29 is 9.26 Å². The fourth-order valence-electron chi connectivity index (χ4n) is 2.13. The van der Waals surface area contributed by atoms with Gasteiger partial charge in [0, 0.05) is 17.3 Å². The summed E-state index contributed by atoms with van der Waals surface area (Å²) in [6, 6.07) is 11.0. The Hall–Kier alpha value is -2.89. The maximum absolute atomic E-state index is 12.0. The Morgan fingerprint density at radius 3 is 2.95 bits per heavy atom. The first-order valence-electron chi connectivity index (χ1n) is 6.80. The van der Waals surface area contributed by atoms with Gasteiger partial charge in [-0.1, -0.05) is 23.4 Å². The Morgan fingerprint density at radius 2 is 2.14 bits per heavy atom. The van der Waals surface area contributed by atoms with Crippen molar-refractivity contribution in [3.05, 3.63) is 64.4 Å². The third-order valence-corrected chi connectivity index (χ3v) is 3.31. The summed E-state index contributed by atoms with van der Waals surface area (Å²) in [6.45, 7) is 2.02. The average molecular weight is 297 g/mol. The predicted molar refractivity (Wildman–Crippen MR) is 80.8 cm³/mol. The van der Waals surface area contributed by atoms with Gasteiger partial charge in [0.15, 0.2) is 0 Å². The second-order valence-electron chi connectivity index (χ2n) is 4.87. The zero-order chi connectivity index (χ0) is 15.5. The van der Waals surface area contributed by atoms with E-state index in [0.717, 1.165) is 11.3 Å². The molecule has 0 N–H and O–H groups in total. The quantitative estimate of drug-likeness (QED) is 0.738. The highest BCUT2D eigenvalue weighted by Crippen LogP contribution is 2.21. The zero-order valence-corrected chi connectivity index (χ0v) is 12.3. The standard InChI is InChI=1S/C16H15N3O3/c1-11-5-4-8-19(16(11)20)10-14-17-15(18-22-14)12-6-3-7-13(9-12)21-2/h3-9H,10H2,1-2H3. The molecule has 3 aromatic rings. The van der Waals surface area contributed by atoms with Gasteiger partial charge in [-0.25, -0.2) is 0 Å². The topological polar surface area (TPSA) is 70.2 Å². The molecule has 6 nitrogen and oxygen atoms in total. The molecule has 0 aliphatic carbocycles. The van der Waals surface area contributed by atoms with Gasteiger partial charge in [-0.3, -0.25) is 4.79 Å². The van der Waals surface area contributed by atoms with Crippen LogP contribution in [0, 0.1) is 6.92 Å². The molecule has 0 amide bonds. The Labute approximate surface area is 127 Å². The van der Waals surface area contributed by atoms with Crippen LogP contribution in [0.4, 0.5) is 0 Å². The number of hydrogen-bond acceptors (Lipinski definition) is 5. The van der Waals surface area contributed by atoms with Crippen LogP contribution < -0.4 is 10.3 Å². The van der Waals surface area contributed by atoms with E-state index in [1.807, 2.05) is 30.3 Å². The molecule has 0 unspecified atom stereocenters. The van der Waals surface area contributed by atoms with Crippen molar-refractivity contribution >= 4 is 0 Å². The van der Waals surface area contributed by atoms with Gasteiger partial charge in [0.2, 0.25) is 11.7 Å². The summed E-state index contributed by atoms with van der Waals surface area (Å²) in [4.78, 5) is 16.3. The Balaban J connectivity index is 1.87. The first-order valence-corrected chi connectivity index (χ1v) is 6.80. The lowest BCUT2D eigenvalue weighted by molar-refractivity contribution is 0.370. The summed E-state index contributed by atoms with van der Waals surface area (Å²) < 4.78 is 11.9. The number of nitrogens with zero attached hydrogens (tertiary/aromatic N) is 3. The van der Waals surface area contributed by atoms with Gasteiger partial charge < -0.3 is 13.8 Å². The highest BCUT2D eigenvalue weighted by Gasteiger charge is 2.10. The van der Waals surface area contributed by atoms with Crippen LogP contribution in [0.1, 0.15) is 11.5 Å². The number of pyridine rings is 1. The molecule has 6 heteroatoms. The fourth-order valence-corrected chi connectivity index (χ4v) is 2.13. The van der Waals surface area contributed by atoms with E-state index in [1.54, 1.807) is 26.3 Å². The maximum atomic E-state index is 12.0. The Bertz CT molecular complexity index is 852. The number of rotatable bonds is 4. The first kappa shape index (κ1) is 14.1. The molecule has 0 atom stereocenters. The van der Waals surface area contributed by atoms with Gasteiger partial charge in [0.25, 0.3) is 5.56 Å². The van der Waals surface area contributed by atoms with Crippen LogP contribution in [-0.2, 0) is 6.54 Å². The number of aromatic nitrogens is 3. The molecule has 0 aliphatic rings. The number of ether oxygens (including phenoxy) is 1. The van der Waals surface area contributed by atoms with Crippen LogP contribution in [-0.4, -0.2) is 21.8 Å². The number of hydrogen-bond donors (Lipinski definition) is 0. The molecule has 0 saturated carbocycles. The van der Waals surface area contributed by atoms with Crippen LogP contribution in [0.3, 0.4) is 0 Å². The predicted octanol–water partition coefficient (Wildman–Crippen LogP) is 2.26. The third-order valence-electron chi connectivity index (χ3n) is 3.31. The molecule has 1 aromatic carbocycles. The van der Waals surface area contributed by atoms with Crippen molar-refractivity contribution in [3.63, 3.8) is 0 Å². The molecule has 0 spiro atoms. The van der Waals surface area contributed by atoms with Crippen LogP contribution in [0.15, 0.2) is 51.9 Å². The Kier molecular flexibility index (Phi) is 3.74. The molecule has 22 heavy (non-hydrogen) atoms. The fraction of sp³-hybridized carbons (Fsp3) is 0.188. The molecule has 0 aliphatic heterocycles. The molecule has 2 aromatic heterocycles. The second kappa shape index (κ2) is 5.85. The molecular weight excluding hydrogens is 282 g/mol. The lowest BCUT2D eigenvalue weighted by atomic mass is 10.2. The van der Waals surface area contributed by atoms with Crippen molar-refractivity contribution in [2.75, 3.05) is 7.11 Å². The highest BCUT2D eigenvalue weighted by molar-refractivity contribution is 5.56. The van der Waals surface area contributed by atoms with Gasteiger partial charge in [-0.15, -0.1) is 0 Å². The second-order valence-corrected chi connectivity index (χ2v) is 4.87. The van der Waals surface area contributed by atoms with Gasteiger partial charge in [0.1, 0.15) is 12.3 Å². The smallest absolute Gasteiger partial charge is 0.253 e. The zero-order valence-electron chi connectivity index (χ0n) is 12.3. The van der Waals surface area contributed by atoms with E-state index in [1.165, 1.54) is 4.57 Å². The highest BCUT2D eigenvalue weighted by atomic mass is 16.5. The minimum Gasteiger partial charge on any atom is -0.497 e. The van der Waals surface area contributed by atoms with Crippen molar-refractivity contribution in [2.24, 2.45) is 0 Å². The van der Waals surface area contributed by atoms with E-state index < -0.39 is 0 Å². The van der Waals surface area contributed by atoms with Crippen LogP contribution >= 0.6 is 0 Å². The summed E-state index contributed by atoms with van der Waals surface area (Å²) in [7, 11) is 1.60. The molecule has 0 radical (unpaired) electrons. The van der Waals surface area contributed by atoms with Gasteiger partial charge in [-0.05, 0) is 25.1 Å². The van der Waals surface area contributed by atoms with Crippen molar-refractivity contribution in [3.8, 4) is 17.1 Å².